The summed E-state index contributed by atoms with van der Waals surface area (Å²) in [6.07, 6.45) is 4.09. The Bertz CT molecular complexity index is 1360. The van der Waals surface area contributed by atoms with Gasteiger partial charge in [0.05, 0.1) is 16.2 Å². The van der Waals surface area contributed by atoms with E-state index in [1.807, 2.05) is 37.3 Å². The van der Waals surface area contributed by atoms with E-state index in [9.17, 15) is 12.8 Å². The van der Waals surface area contributed by atoms with Gasteiger partial charge in [0.25, 0.3) is 0 Å². The van der Waals surface area contributed by atoms with Crippen molar-refractivity contribution in [3.8, 4) is 0 Å². The standard InChI is InChI=1S/C28H36FN5O2S/c1-19-17-30-27(33-25-10-9-23(26(29)32-25)22-11-13-34(5)14-12-22)31-24(19)16-20-7-6-8-21(15-20)18-37(35,36)28(2,3)4/h6-10,15,17,22H,11-14,16,18H2,1-5H3,(H,30,31,32,33). The third kappa shape index (κ3) is 6.70. The van der Waals surface area contributed by atoms with E-state index in [1.54, 1.807) is 33.0 Å². The summed E-state index contributed by atoms with van der Waals surface area (Å²) < 4.78 is 39.3. The van der Waals surface area contributed by atoms with Crippen LogP contribution in [-0.2, 0) is 22.0 Å². The van der Waals surface area contributed by atoms with Crippen LogP contribution >= 0.6 is 0 Å². The van der Waals surface area contributed by atoms with Crippen molar-refractivity contribution in [2.45, 2.75) is 63.4 Å². The quantitative estimate of drug-likeness (QED) is 0.426. The van der Waals surface area contributed by atoms with E-state index in [1.165, 1.54) is 0 Å². The monoisotopic (exact) mass is 525 g/mol. The molecule has 2 aromatic heterocycles. The Morgan fingerprint density at radius 3 is 2.46 bits per heavy atom. The zero-order valence-corrected chi connectivity index (χ0v) is 23.1. The SMILES string of the molecule is Cc1cnc(Nc2ccc(C3CCN(C)CC3)c(F)n2)nc1Cc1cccc(CS(=O)(=O)C(C)(C)C)c1. The van der Waals surface area contributed by atoms with Gasteiger partial charge in [-0.1, -0.05) is 30.3 Å². The van der Waals surface area contributed by atoms with Crippen molar-refractivity contribution in [1.82, 2.24) is 19.9 Å². The number of nitrogens with zero attached hydrogens (tertiary/aromatic N) is 4. The number of nitrogens with one attached hydrogen (secondary N) is 1. The summed E-state index contributed by atoms with van der Waals surface area (Å²) in [7, 11) is -1.20. The second kappa shape index (κ2) is 10.8. The van der Waals surface area contributed by atoms with Crippen molar-refractivity contribution in [3.05, 3.63) is 76.5 Å². The molecule has 7 nitrogen and oxygen atoms in total. The van der Waals surface area contributed by atoms with Crippen LogP contribution in [0.15, 0.2) is 42.6 Å². The van der Waals surface area contributed by atoms with E-state index in [-0.39, 0.29) is 11.7 Å². The van der Waals surface area contributed by atoms with Crippen LogP contribution in [0.3, 0.4) is 0 Å². The van der Waals surface area contributed by atoms with Crippen LogP contribution < -0.4 is 5.32 Å². The number of aryl methyl sites for hydroxylation is 1. The van der Waals surface area contributed by atoms with E-state index in [4.69, 9.17) is 0 Å². The maximum absolute atomic E-state index is 14.8. The number of anilines is 2. The van der Waals surface area contributed by atoms with Crippen LogP contribution in [0.2, 0.25) is 0 Å². The fourth-order valence-corrected chi connectivity index (χ4v) is 5.48. The molecule has 0 bridgehead atoms. The number of aromatic nitrogens is 3. The van der Waals surface area contributed by atoms with E-state index in [0.29, 0.717) is 23.8 Å². The molecule has 0 spiro atoms. The van der Waals surface area contributed by atoms with E-state index < -0.39 is 20.5 Å². The Kier molecular flexibility index (Phi) is 7.94. The molecule has 1 fully saturated rings. The summed E-state index contributed by atoms with van der Waals surface area (Å²) in [5.41, 5.74) is 4.09. The fourth-order valence-electron chi connectivity index (χ4n) is 4.43. The highest BCUT2D eigenvalue weighted by atomic mass is 32.2. The molecular formula is C28H36FN5O2S. The topological polar surface area (TPSA) is 88.1 Å². The predicted molar refractivity (Wildman–Crippen MR) is 145 cm³/mol. The summed E-state index contributed by atoms with van der Waals surface area (Å²) in [5.74, 6) is 0.428. The second-order valence-corrected chi connectivity index (χ2v) is 13.7. The molecule has 0 radical (unpaired) electrons. The minimum absolute atomic E-state index is 0.00924. The normalized spacial score (nSPS) is 15.6. The van der Waals surface area contributed by atoms with Crippen molar-refractivity contribution >= 4 is 21.6 Å². The average Bonchev–Trinajstić information content (AvgIpc) is 2.81. The molecule has 3 heterocycles. The lowest BCUT2D eigenvalue weighted by molar-refractivity contribution is 0.252. The van der Waals surface area contributed by atoms with E-state index in [0.717, 1.165) is 48.3 Å². The molecular weight excluding hydrogens is 489 g/mol. The molecule has 1 aliphatic rings. The second-order valence-electron chi connectivity index (χ2n) is 11.0. The fraction of sp³-hybridized carbons (Fsp3) is 0.464. The number of hydrogen-bond acceptors (Lipinski definition) is 7. The largest absolute Gasteiger partial charge is 0.309 e. The molecule has 1 aromatic carbocycles. The number of hydrogen-bond donors (Lipinski definition) is 1. The summed E-state index contributed by atoms with van der Waals surface area (Å²) in [6.45, 7) is 9.00. The van der Waals surface area contributed by atoms with Crippen molar-refractivity contribution in [2.24, 2.45) is 0 Å². The van der Waals surface area contributed by atoms with Gasteiger partial charge >= 0.3 is 0 Å². The Hall–Kier alpha value is -2.91. The highest BCUT2D eigenvalue weighted by Crippen LogP contribution is 2.30. The first-order valence-electron chi connectivity index (χ1n) is 12.7. The number of benzene rings is 1. The zero-order valence-electron chi connectivity index (χ0n) is 22.3. The summed E-state index contributed by atoms with van der Waals surface area (Å²) in [5, 5.41) is 3.03. The van der Waals surface area contributed by atoms with Crippen LogP contribution in [0.4, 0.5) is 16.2 Å². The van der Waals surface area contributed by atoms with Gasteiger partial charge in [0, 0.05) is 18.2 Å². The number of pyridine rings is 1. The Morgan fingerprint density at radius 1 is 1.08 bits per heavy atom. The minimum Gasteiger partial charge on any atom is -0.309 e. The van der Waals surface area contributed by atoms with Gasteiger partial charge < -0.3 is 10.2 Å². The average molecular weight is 526 g/mol. The molecule has 0 atom stereocenters. The number of halogens is 1. The molecule has 0 unspecified atom stereocenters. The van der Waals surface area contributed by atoms with Crippen LogP contribution in [0.25, 0.3) is 0 Å². The van der Waals surface area contributed by atoms with Gasteiger partial charge in [-0.3, -0.25) is 0 Å². The third-order valence-corrected chi connectivity index (χ3v) is 9.58. The lowest BCUT2D eigenvalue weighted by Crippen LogP contribution is -2.29. The van der Waals surface area contributed by atoms with Gasteiger partial charge in [-0.15, -0.1) is 0 Å². The summed E-state index contributed by atoms with van der Waals surface area (Å²) in [4.78, 5) is 15.4. The maximum atomic E-state index is 14.8. The molecule has 9 heteroatoms. The Morgan fingerprint density at radius 2 is 1.78 bits per heavy atom. The molecule has 0 saturated carbocycles. The van der Waals surface area contributed by atoms with Gasteiger partial charge in [0.2, 0.25) is 11.9 Å². The Labute approximate surface area is 219 Å². The minimum atomic E-state index is -3.28. The molecule has 1 saturated heterocycles. The first-order valence-corrected chi connectivity index (χ1v) is 14.3. The predicted octanol–water partition coefficient (Wildman–Crippen LogP) is 5.18. The third-order valence-electron chi connectivity index (χ3n) is 7.01. The van der Waals surface area contributed by atoms with Crippen LogP contribution in [0.1, 0.15) is 67.5 Å². The smallest absolute Gasteiger partial charge is 0.228 e. The molecule has 3 aromatic rings. The first-order chi connectivity index (χ1) is 17.4. The maximum Gasteiger partial charge on any atom is 0.228 e. The van der Waals surface area contributed by atoms with Crippen molar-refractivity contribution < 1.29 is 12.8 Å². The summed E-state index contributed by atoms with van der Waals surface area (Å²) >= 11 is 0. The van der Waals surface area contributed by atoms with Crippen LogP contribution in [-0.4, -0.2) is 53.2 Å². The number of rotatable bonds is 7. The molecule has 198 valence electrons. The number of sulfone groups is 1. The van der Waals surface area contributed by atoms with E-state index in [2.05, 4.69) is 32.2 Å². The molecule has 4 rings (SSSR count). The van der Waals surface area contributed by atoms with E-state index >= 15 is 0 Å². The van der Waals surface area contributed by atoms with Crippen LogP contribution in [0.5, 0.6) is 0 Å². The van der Waals surface area contributed by atoms with Gasteiger partial charge in [-0.05, 0) is 89.3 Å². The highest BCUT2D eigenvalue weighted by Gasteiger charge is 2.29. The van der Waals surface area contributed by atoms with Crippen LogP contribution in [0, 0.1) is 12.9 Å². The van der Waals surface area contributed by atoms with Crippen molar-refractivity contribution in [1.29, 1.82) is 0 Å². The first kappa shape index (κ1) is 27.1. The molecule has 0 amide bonds. The molecule has 37 heavy (non-hydrogen) atoms. The van der Waals surface area contributed by atoms with Crippen molar-refractivity contribution in [2.75, 3.05) is 25.5 Å². The van der Waals surface area contributed by atoms with Gasteiger partial charge in [-0.2, -0.15) is 4.39 Å². The lowest BCUT2D eigenvalue weighted by Gasteiger charge is -2.29. The van der Waals surface area contributed by atoms with Gasteiger partial charge in [0.15, 0.2) is 9.84 Å². The number of piperidine rings is 1. The van der Waals surface area contributed by atoms with Crippen molar-refractivity contribution in [3.63, 3.8) is 0 Å². The molecule has 1 aliphatic heterocycles. The number of likely N-dealkylation sites (tertiary alicyclic amines) is 1. The highest BCUT2D eigenvalue weighted by molar-refractivity contribution is 7.91. The molecule has 0 aliphatic carbocycles. The molecule has 1 N–H and O–H groups in total. The van der Waals surface area contributed by atoms with Gasteiger partial charge in [-0.25, -0.2) is 23.4 Å². The lowest BCUT2D eigenvalue weighted by atomic mass is 9.90. The Balaban J connectivity index is 1.48. The van der Waals surface area contributed by atoms with Gasteiger partial charge in [0.1, 0.15) is 5.82 Å². The zero-order chi connectivity index (χ0) is 26.8. The summed E-state index contributed by atoms with van der Waals surface area (Å²) in [6, 6.07) is 11.2.